The molecule has 0 atom stereocenters. The van der Waals surface area contributed by atoms with E-state index in [-0.39, 0.29) is 18.0 Å². The maximum absolute atomic E-state index is 12.4. The van der Waals surface area contributed by atoms with E-state index in [0.717, 1.165) is 5.56 Å². The summed E-state index contributed by atoms with van der Waals surface area (Å²) in [7, 11) is 1.71. The molecule has 8 nitrogen and oxygen atoms in total. The fourth-order valence-electron chi connectivity index (χ4n) is 3.08. The number of nitrogens with zero attached hydrogens (tertiary/aromatic N) is 3. The van der Waals surface area contributed by atoms with Gasteiger partial charge in [0.25, 0.3) is 5.91 Å². The molecule has 1 aromatic carbocycles. The summed E-state index contributed by atoms with van der Waals surface area (Å²) in [6.07, 6.45) is -0.289. The number of aliphatic imine (C=N–C) groups is 1. The van der Waals surface area contributed by atoms with Gasteiger partial charge in [-0.25, -0.2) is 4.79 Å². The quantitative estimate of drug-likeness (QED) is 0.549. The maximum atomic E-state index is 12.4. The van der Waals surface area contributed by atoms with Crippen LogP contribution in [0.3, 0.4) is 0 Å². The molecular weight excluding hydrogens is 382 g/mol. The Morgan fingerprint density at radius 1 is 1.17 bits per heavy atom. The van der Waals surface area contributed by atoms with Gasteiger partial charge in [0, 0.05) is 45.3 Å². The van der Waals surface area contributed by atoms with Crippen LogP contribution in [0.4, 0.5) is 4.79 Å². The molecule has 0 spiro atoms. The lowest BCUT2D eigenvalue weighted by atomic mass is 10.1. The monoisotopic (exact) mass is 417 g/mol. The van der Waals surface area contributed by atoms with Crippen LogP contribution in [0.2, 0.25) is 0 Å². The minimum absolute atomic E-state index is 0.0523. The van der Waals surface area contributed by atoms with Gasteiger partial charge in [0.1, 0.15) is 5.60 Å². The van der Waals surface area contributed by atoms with Gasteiger partial charge in [0.2, 0.25) is 0 Å². The molecule has 1 fully saturated rings. The van der Waals surface area contributed by atoms with Gasteiger partial charge in [0.05, 0.1) is 6.04 Å². The molecule has 2 rings (SSSR count). The lowest BCUT2D eigenvalue weighted by Gasteiger charge is -2.40. The summed E-state index contributed by atoms with van der Waals surface area (Å²) in [6, 6.07) is 7.75. The van der Waals surface area contributed by atoms with E-state index < -0.39 is 5.60 Å². The zero-order valence-electron chi connectivity index (χ0n) is 19.0. The molecule has 0 aromatic heterocycles. The van der Waals surface area contributed by atoms with Gasteiger partial charge in [-0.2, -0.15) is 0 Å². The molecule has 0 aliphatic carbocycles. The summed E-state index contributed by atoms with van der Waals surface area (Å²) in [6.45, 7) is 12.7. The van der Waals surface area contributed by atoms with Crippen LogP contribution in [0.15, 0.2) is 29.3 Å². The molecule has 0 radical (unpaired) electrons. The van der Waals surface area contributed by atoms with Gasteiger partial charge in [-0.1, -0.05) is 12.1 Å². The molecule has 2 N–H and O–H groups in total. The molecular formula is C22H35N5O3. The first-order valence-corrected chi connectivity index (χ1v) is 10.5. The van der Waals surface area contributed by atoms with Gasteiger partial charge in [0.15, 0.2) is 5.96 Å². The van der Waals surface area contributed by atoms with Crippen LogP contribution in [-0.2, 0) is 11.3 Å². The summed E-state index contributed by atoms with van der Waals surface area (Å²) in [5.41, 5.74) is 1.26. The number of rotatable bonds is 6. The zero-order chi connectivity index (χ0) is 22.3. The molecule has 0 saturated carbocycles. The fraction of sp³-hybridized carbons (Fsp3) is 0.591. The van der Waals surface area contributed by atoms with Crippen molar-refractivity contribution in [3.05, 3.63) is 35.4 Å². The van der Waals surface area contributed by atoms with Gasteiger partial charge < -0.3 is 25.2 Å². The van der Waals surface area contributed by atoms with Crippen molar-refractivity contribution in [2.75, 3.05) is 33.2 Å². The van der Waals surface area contributed by atoms with Crippen molar-refractivity contribution in [1.29, 1.82) is 0 Å². The standard InChI is InChI=1S/C22H35N5O3/c1-7-26(8-2)19(28)17-11-9-16(10-12-17)13-24-20(23-6)25-18-14-27(15-18)21(29)30-22(3,4)5/h9-12,18H,7-8,13-15H2,1-6H3,(H2,23,24,25). The Kier molecular flexibility index (Phi) is 8.08. The van der Waals surface area contributed by atoms with E-state index in [4.69, 9.17) is 4.74 Å². The Hall–Kier alpha value is -2.77. The number of amides is 2. The summed E-state index contributed by atoms with van der Waals surface area (Å²) in [5.74, 6) is 0.726. The van der Waals surface area contributed by atoms with E-state index in [9.17, 15) is 9.59 Å². The molecule has 0 unspecified atom stereocenters. The third kappa shape index (κ3) is 6.64. The first-order valence-electron chi connectivity index (χ1n) is 10.5. The number of likely N-dealkylation sites (tertiary alicyclic amines) is 1. The Morgan fingerprint density at radius 2 is 1.77 bits per heavy atom. The Balaban J connectivity index is 1.79. The van der Waals surface area contributed by atoms with Crippen molar-refractivity contribution in [2.24, 2.45) is 4.99 Å². The van der Waals surface area contributed by atoms with Crippen molar-refractivity contribution >= 4 is 18.0 Å². The van der Waals surface area contributed by atoms with Crippen LogP contribution in [0.1, 0.15) is 50.5 Å². The van der Waals surface area contributed by atoms with E-state index in [1.807, 2.05) is 58.9 Å². The van der Waals surface area contributed by atoms with Gasteiger partial charge in [-0.3, -0.25) is 9.79 Å². The molecule has 1 aliphatic heterocycles. The van der Waals surface area contributed by atoms with Crippen LogP contribution < -0.4 is 10.6 Å². The smallest absolute Gasteiger partial charge is 0.410 e. The van der Waals surface area contributed by atoms with E-state index in [2.05, 4.69) is 15.6 Å². The minimum Gasteiger partial charge on any atom is -0.444 e. The topological polar surface area (TPSA) is 86.3 Å². The van der Waals surface area contributed by atoms with Crippen molar-refractivity contribution in [2.45, 2.75) is 52.8 Å². The van der Waals surface area contributed by atoms with E-state index in [1.165, 1.54) is 0 Å². The van der Waals surface area contributed by atoms with Crippen LogP contribution >= 0.6 is 0 Å². The number of benzene rings is 1. The lowest BCUT2D eigenvalue weighted by molar-refractivity contribution is 0.00700. The fourth-order valence-corrected chi connectivity index (χ4v) is 3.08. The predicted octanol–water partition coefficient (Wildman–Crippen LogP) is 2.45. The molecule has 0 bridgehead atoms. The maximum Gasteiger partial charge on any atom is 0.410 e. The van der Waals surface area contributed by atoms with Crippen molar-refractivity contribution < 1.29 is 14.3 Å². The molecule has 8 heteroatoms. The van der Waals surface area contributed by atoms with Crippen LogP contribution in [-0.4, -0.2) is 72.6 Å². The lowest BCUT2D eigenvalue weighted by Crippen LogP contribution is -2.63. The van der Waals surface area contributed by atoms with Gasteiger partial charge in [-0.15, -0.1) is 0 Å². The highest BCUT2D eigenvalue weighted by Crippen LogP contribution is 2.15. The van der Waals surface area contributed by atoms with Crippen molar-refractivity contribution in [1.82, 2.24) is 20.4 Å². The van der Waals surface area contributed by atoms with Crippen molar-refractivity contribution in [3.63, 3.8) is 0 Å². The molecule has 1 aromatic rings. The molecule has 1 aliphatic rings. The molecule has 2 amide bonds. The normalized spacial score (nSPS) is 14.7. The van der Waals surface area contributed by atoms with E-state index >= 15 is 0 Å². The van der Waals surface area contributed by atoms with Gasteiger partial charge >= 0.3 is 6.09 Å². The van der Waals surface area contributed by atoms with Crippen LogP contribution in [0.25, 0.3) is 0 Å². The number of guanidine groups is 1. The summed E-state index contributed by atoms with van der Waals surface area (Å²) >= 11 is 0. The first-order chi connectivity index (χ1) is 14.2. The van der Waals surface area contributed by atoms with Crippen LogP contribution in [0, 0.1) is 0 Å². The Labute approximate surface area is 179 Å². The zero-order valence-corrected chi connectivity index (χ0v) is 19.0. The second kappa shape index (κ2) is 10.3. The second-order valence-electron chi connectivity index (χ2n) is 8.33. The first kappa shape index (κ1) is 23.5. The van der Waals surface area contributed by atoms with Crippen LogP contribution in [0.5, 0.6) is 0 Å². The number of nitrogens with one attached hydrogen (secondary N) is 2. The highest BCUT2D eigenvalue weighted by molar-refractivity contribution is 5.94. The number of hydrogen-bond acceptors (Lipinski definition) is 4. The summed E-state index contributed by atoms with van der Waals surface area (Å²) in [4.78, 5) is 32.1. The SMILES string of the molecule is CCN(CC)C(=O)c1ccc(CNC(=NC)NC2CN(C(=O)OC(C)(C)C)C2)cc1. The third-order valence-electron chi connectivity index (χ3n) is 4.81. The molecule has 30 heavy (non-hydrogen) atoms. The number of hydrogen-bond donors (Lipinski definition) is 2. The van der Waals surface area contributed by atoms with E-state index in [0.29, 0.717) is 44.2 Å². The Bertz CT molecular complexity index is 745. The average molecular weight is 418 g/mol. The number of carbonyl (C=O) groups is 2. The minimum atomic E-state index is -0.487. The summed E-state index contributed by atoms with van der Waals surface area (Å²) < 4.78 is 5.37. The predicted molar refractivity (Wildman–Crippen MR) is 119 cm³/mol. The number of ether oxygens (including phenoxy) is 1. The highest BCUT2D eigenvalue weighted by atomic mass is 16.6. The second-order valence-corrected chi connectivity index (χ2v) is 8.33. The molecule has 1 saturated heterocycles. The van der Waals surface area contributed by atoms with E-state index in [1.54, 1.807) is 16.8 Å². The molecule has 1 heterocycles. The Morgan fingerprint density at radius 3 is 2.27 bits per heavy atom. The third-order valence-corrected chi connectivity index (χ3v) is 4.81. The highest BCUT2D eigenvalue weighted by Gasteiger charge is 2.34. The number of carbonyl (C=O) groups excluding carboxylic acids is 2. The average Bonchev–Trinajstić information content (AvgIpc) is 2.66. The molecule has 166 valence electrons. The summed E-state index contributed by atoms with van der Waals surface area (Å²) in [5, 5.41) is 6.58. The van der Waals surface area contributed by atoms with Crippen molar-refractivity contribution in [3.8, 4) is 0 Å². The van der Waals surface area contributed by atoms with Gasteiger partial charge in [-0.05, 0) is 52.3 Å². The largest absolute Gasteiger partial charge is 0.444 e.